The zero-order chi connectivity index (χ0) is 15.7. The van der Waals surface area contributed by atoms with Crippen LogP contribution >= 0.6 is 0 Å². The minimum absolute atomic E-state index is 0.172. The SMILES string of the molecule is C[C@@H]1Oc2ccc(NC(=O)[C@H](C)n3ccnc3)cc2NC1=O. The number of rotatable bonds is 3. The highest BCUT2D eigenvalue weighted by atomic mass is 16.5. The maximum atomic E-state index is 12.2. The predicted octanol–water partition coefficient (Wildman–Crippen LogP) is 1.80. The fourth-order valence-corrected chi connectivity index (χ4v) is 2.17. The fourth-order valence-electron chi connectivity index (χ4n) is 2.17. The molecular weight excluding hydrogens is 284 g/mol. The van der Waals surface area contributed by atoms with Crippen LogP contribution in [0.3, 0.4) is 0 Å². The number of nitrogens with zero attached hydrogens (tertiary/aromatic N) is 2. The van der Waals surface area contributed by atoms with Crippen molar-refractivity contribution in [3.63, 3.8) is 0 Å². The third-order valence-electron chi connectivity index (χ3n) is 3.53. The molecule has 2 N–H and O–H groups in total. The van der Waals surface area contributed by atoms with Crippen LogP contribution in [0.15, 0.2) is 36.9 Å². The molecule has 7 heteroatoms. The maximum absolute atomic E-state index is 12.2. The first kappa shape index (κ1) is 14.1. The van der Waals surface area contributed by atoms with Gasteiger partial charge in [0.2, 0.25) is 5.91 Å². The summed E-state index contributed by atoms with van der Waals surface area (Å²) in [5.74, 6) is 0.213. The molecule has 2 amide bonds. The quantitative estimate of drug-likeness (QED) is 0.905. The van der Waals surface area contributed by atoms with Gasteiger partial charge in [0.25, 0.3) is 5.91 Å². The largest absolute Gasteiger partial charge is 0.479 e. The molecular formula is C15H16N4O3. The van der Waals surface area contributed by atoms with E-state index in [1.54, 1.807) is 55.3 Å². The summed E-state index contributed by atoms with van der Waals surface area (Å²) in [4.78, 5) is 27.8. The highest BCUT2D eigenvalue weighted by Crippen LogP contribution is 2.32. The van der Waals surface area contributed by atoms with E-state index < -0.39 is 6.10 Å². The number of ether oxygens (including phenoxy) is 1. The fraction of sp³-hybridized carbons (Fsp3) is 0.267. The standard InChI is InChI=1S/C15H16N4O3/c1-9(19-6-5-16-8-19)14(20)17-11-3-4-13-12(7-11)18-15(21)10(2)22-13/h3-10H,1-2H3,(H,17,20)(H,18,21)/t9-,10-/m0/s1. The number of benzene rings is 1. The van der Waals surface area contributed by atoms with Crippen molar-refractivity contribution in [3.8, 4) is 5.75 Å². The third kappa shape index (κ3) is 2.65. The third-order valence-corrected chi connectivity index (χ3v) is 3.53. The average molecular weight is 300 g/mol. The second-order valence-corrected chi connectivity index (χ2v) is 5.14. The summed E-state index contributed by atoms with van der Waals surface area (Å²) in [5.41, 5.74) is 1.14. The van der Waals surface area contributed by atoms with Crippen LogP contribution in [0.25, 0.3) is 0 Å². The molecule has 1 aromatic carbocycles. The Balaban J connectivity index is 1.75. The van der Waals surface area contributed by atoms with Crippen LogP contribution in [0.2, 0.25) is 0 Å². The van der Waals surface area contributed by atoms with Crippen LogP contribution in [0.5, 0.6) is 5.75 Å². The van der Waals surface area contributed by atoms with Crippen molar-refractivity contribution in [1.29, 1.82) is 0 Å². The molecule has 0 spiro atoms. The van der Waals surface area contributed by atoms with Crippen LogP contribution in [-0.4, -0.2) is 27.5 Å². The van der Waals surface area contributed by atoms with Crippen LogP contribution in [0.4, 0.5) is 11.4 Å². The topological polar surface area (TPSA) is 85.2 Å². The number of hydrogen-bond acceptors (Lipinski definition) is 4. The van der Waals surface area contributed by atoms with E-state index in [1.165, 1.54) is 0 Å². The number of carbonyl (C=O) groups is 2. The van der Waals surface area contributed by atoms with Crippen molar-refractivity contribution in [3.05, 3.63) is 36.9 Å². The summed E-state index contributed by atoms with van der Waals surface area (Å²) in [6.07, 6.45) is 4.42. The van der Waals surface area contributed by atoms with Crippen LogP contribution < -0.4 is 15.4 Å². The molecule has 3 rings (SSSR count). The van der Waals surface area contributed by atoms with E-state index in [2.05, 4.69) is 15.6 Å². The number of amides is 2. The zero-order valence-electron chi connectivity index (χ0n) is 12.2. The minimum Gasteiger partial charge on any atom is -0.479 e. The van der Waals surface area contributed by atoms with E-state index in [9.17, 15) is 9.59 Å². The van der Waals surface area contributed by atoms with E-state index in [1.807, 2.05) is 0 Å². The normalized spacial score (nSPS) is 17.9. The predicted molar refractivity (Wildman–Crippen MR) is 80.7 cm³/mol. The van der Waals surface area contributed by atoms with Gasteiger partial charge >= 0.3 is 0 Å². The van der Waals surface area contributed by atoms with Gasteiger partial charge < -0.3 is 19.9 Å². The Labute approximate surface area is 127 Å². The summed E-state index contributed by atoms with van der Waals surface area (Å²) in [6.45, 7) is 3.46. The van der Waals surface area contributed by atoms with E-state index >= 15 is 0 Å². The van der Waals surface area contributed by atoms with Gasteiger partial charge in [0, 0.05) is 18.1 Å². The van der Waals surface area contributed by atoms with Gasteiger partial charge in [-0.05, 0) is 32.0 Å². The Bertz CT molecular complexity index is 712. The van der Waals surface area contributed by atoms with Crippen molar-refractivity contribution in [1.82, 2.24) is 9.55 Å². The lowest BCUT2D eigenvalue weighted by Gasteiger charge is -2.24. The maximum Gasteiger partial charge on any atom is 0.265 e. The molecule has 1 aromatic heterocycles. The first-order valence-electron chi connectivity index (χ1n) is 6.94. The Kier molecular flexibility index (Phi) is 3.54. The lowest BCUT2D eigenvalue weighted by Crippen LogP contribution is -2.34. The van der Waals surface area contributed by atoms with Gasteiger partial charge in [-0.25, -0.2) is 4.98 Å². The lowest BCUT2D eigenvalue weighted by atomic mass is 10.2. The Morgan fingerprint density at radius 3 is 3.05 bits per heavy atom. The number of aromatic nitrogens is 2. The van der Waals surface area contributed by atoms with Gasteiger partial charge in [-0.2, -0.15) is 0 Å². The molecule has 0 fully saturated rings. The molecule has 0 saturated carbocycles. The molecule has 2 atom stereocenters. The first-order chi connectivity index (χ1) is 10.5. The Hall–Kier alpha value is -2.83. The molecule has 0 bridgehead atoms. The molecule has 114 valence electrons. The smallest absolute Gasteiger partial charge is 0.265 e. The highest BCUT2D eigenvalue weighted by molar-refractivity contribution is 5.99. The van der Waals surface area contributed by atoms with E-state index in [-0.39, 0.29) is 17.9 Å². The molecule has 22 heavy (non-hydrogen) atoms. The summed E-state index contributed by atoms with van der Waals surface area (Å²) in [6, 6.07) is 4.76. The Morgan fingerprint density at radius 1 is 1.50 bits per heavy atom. The molecule has 1 aliphatic rings. The van der Waals surface area contributed by atoms with Crippen LogP contribution in [0.1, 0.15) is 19.9 Å². The summed E-state index contributed by atoms with van der Waals surface area (Å²) in [5, 5.41) is 5.56. The second-order valence-electron chi connectivity index (χ2n) is 5.14. The van der Waals surface area contributed by atoms with Gasteiger partial charge in [0.15, 0.2) is 6.10 Å². The molecule has 7 nitrogen and oxygen atoms in total. The van der Waals surface area contributed by atoms with Gasteiger partial charge in [-0.3, -0.25) is 9.59 Å². The van der Waals surface area contributed by atoms with E-state index in [0.717, 1.165) is 0 Å². The zero-order valence-corrected chi connectivity index (χ0v) is 12.2. The molecule has 2 heterocycles. The molecule has 1 aliphatic heterocycles. The number of imidazole rings is 1. The minimum atomic E-state index is -0.519. The van der Waals surface area contributed by atoms with Crippen LogP contribution in [0, 0.1) is 0 Å². The first-order valence-corrected chi connectivity index (χ1v) is 6.94. The van der Waals surface area contributed by atoms with Crippen molar-refractivity contribution in [2.24, 2.45) is 0 Å². The number of carbonyl (C=O) groups excluding carboxylic acids is 2. The van der Waals surface area contributed by atoms with Gasteiger partial charge in [0.05, 0.1) is 12.0 Å². The van der Waals surface area contributed by atoms with Gasteiger partial charge in [-0.1, -0.05) is 0 Å². The van der Waals surface area contributed by atoms with Crippen molar-refractivity contribution >= 4 is 23.2 Å². The number of nitrogens with one attached hydrogen (secondary N) is 2. The Morgan fingerprint density at radius 2 is 2.32 bits per heavy atom. The number of fused-ring (bicyclic) bond motifs is 1. The monoisotopic (exact) mass is 300 g/mol. The summed E-state index contributed by atoms with van der Waals surface area (Å²) >= 11 is 0. The van der Waals surface area contributed by atoms with E-state index in [0.29, 0.717) is 17.1 Å². The average Bonchev–Trinajstić information content (AvgIpc) is 3.02. The highest BCUT2D eigenvalue weighted by Gasteiger charge is 2.24. The molecule has 0 saturated heterocycles. The molecule has 0 radical (unpaired) electrons. The summed E-state index contributed by atoms with van der Waals surface area (Å²) in [7, 11) is 0. The molecule has 0 aliphatic carbocycles. The van der Waals surface area contributed by atoms with Gasteiger partial charge in [-0.15, -0.1) is 0 Å². The van der Waals surface area contributed by atoms with Crippen LogP contribution in [-0.2, 0) is 9.59 Å². The molecule has 0 unspecified atom stereocenters. The van der Waals surface area contributed by atoms with Crippen molar-refractivity contribution < 1.29 is 14.3 Å². The second kappa shape index (κ2) is 5.51. The number of anilines is 2. The lowest BCUT2D eigenvalue weighted by molar-refractivity contribution is -0.122. The van der Waals surface area contributed by atoms with E-state index in [4.69, 9.17) is 4.74 Å². The number of hydrogen-bond donors (Lipinski definition) is 2. The van der Waals surface area contributed by atoms with Gasteiger partial charge in [0.1, 0.15) is 11.8 Å². The summed E-state index contributed by atoms with van der Waals surface area (Å²) < 4.78 is 7.18. The molecule has 2 aromatic rings. The van der Waals surface area contributed by atoms with Crippen molar-refractivity contribution in [2.45, 2.75) is 26.0 Å². The van der Waals surface area contributed by atoms with Crippen molar-refractivity contribution in [2.75, 3.05) is 10.6 Å².